The van der Waals surface area contributed by atoms with Crippen LogP contribution in [0.3, 0.4) is 0 Å². The number of carbonyl (C=O) groups excluding carboxylic acids is 2. The molecule has 0 aliphatic rings. The van der Waals surface area contributed by atoms with Gasteiger partial charge in [0.25, 0.3) is 0 Å². The van der Waals surface area contributed by atoms with Crippen LogP contribution in [0.5, 0.6) is 0 Å². The van der Waals surface area contributed by atoms with Crippen molar-refractivity contribution in [1.29, 1.82) is 0 Å². The molecule has 0 unspecified atom stereocenters. The van der Waals surface area contributed by atoms with E-state index in [9.17, 15) is 9.59 Å². The lowest BCUT2D eigenvalue weighted by Crippen LogP contribution is -2.29. The molecule has 0 fully saturated rings. The molecule has 0 radical (unpaired) electrons. The Hall–Kier alpha value is -2.62. The Bertz CT molecular complexity index is 676. The fourth-order valence-electron chi connectivity index (χ4n) is 2.03. The van der Waals surface area contributed by atoms with E-state index in [1.54, 1.807) is 18.2 Å². The maximum absolute atomic E-state index is 11.9. The Morgan fingerprint density at radius 1 is 0.864 bits per heavy atom. The van der Waals surface area contributed by atoms with E-state index in [2.05, 4.69) is 24.5 Å². The van der Waals surface area contributed by atoms with Crippen LogP contribution in [0.4, 0.5) is 11.4 Å². The lowest BCUT2D eigenvalue weighted by molar-refractivity contribution is -0.133. The molecule has 2 amide bonds. The highest BCUT2D eigenvalue weighted by molar-refractivity contribution is 6.43. The molecular formula is C18H20N2O2. The average Bonchev–Trinajstić information content (AvgIpc) is 2.50. The van der Waals surface area contributed by atoms with Crippen LogP contribution >= 0.6 is 0 Å². The van der Waals surface area contributed by atoms with E-state index in [-0.39, 0.29) is 0 Å². The number of rotatable bonds is 3. The molecule has 0 aliphatic carbocycles. The predicted molar refractivity (Wildman–Crippen MR) is 89.0 cm³/mol. The molecule has 0 atom stereocenters. The first-order valence-corrected chi connectivity index (χ1v) is 7.25. The number of aryl methyl sites for hydroxylation is 1. The van der Waals surface area contributed by atoms with Gasteiger partial charge >= 0.3 is 11.8 Å². The lowest BCUT2D eigenvalue weighted by atomic mass is 10.0. The minimum Gasteiger partial charge on any atom is -0.318 e. The van der Waals surface area contributed by atoms with Gasteiger partial charge in [-0.15, -0.1) is 0 Å². The largest absolute Gasteiger partial charge is 0.318 e. The van der Waals surface area contributed by atoms with Crippen LogP contribution in [-0.2, 0) is 9.59 Å². The zero-order valence-corrected chi connectivity index (χ0v) is 13.0. The smallest absolute Gasteiger partial charge is 0.314 e. The molecule has 22 heavy (non-hydrogen) atoms. The van der Waals surface area contributed by atoms with E-state index in [0.717, 1.165) is 5.56 Å². The highest BCUT2D eigenvalue weighted by atomic mass is 16.2. The second kappa shape index (κ2) is 6.89. The van der Waals surface area contributed by atoms with Gasteiger partial charge in [-0.2, -0.15) is 0 Å². The summed E-state index contributed by atoms with van der Waals surface area (Å²) in [4.78, 5) is 23.8. The van der Waals surface area contributed by atoms with Gasteiger partial charge in [-0.1, -0.05) is 44.2 Å². The molecule has 4 nitrogen and oxygen atoms in total. The van der Waals surface area contributed by atoms with Crippen LogP contribution in [0.15, 0.2) is 48.5 Å². The Morgan fingerprint density at radius 3 is 2.05 bits per heavy atom. The van der Waals surface area contributed by atoms with Gasteiger partial charge in [0, 0.05) is 11.4 Å². The van der Waals surface area contributed by atoms with E-state index in [4.69, 9.17) is 0 Å². The minimum atomic E-state index is -0.680. The van der Waals surface area contributed by atoms with Crippen LogP contribution in [0.2, 0.25) is 0 Å². The van der Waals surface area contributed by atoms with Crippen molar-refractivity contribution >= 4 is 23.2 Å². The highest BCUT2D eigenvalue weighted by Crippen LogP contribution is 2.17. The Balaban J connectivity index is 1.99. The van der Waals surface area contributed by atoms with Crippen molar-refractivity contribution < 1.29 is 9.59 Å². The first kappa shape index (κ1) is 15.8. The molecular weight excluding hydrogens is 276 g/mol. The Kier molecular flexibility index (Phi) is 4.94. The van der Waals surface area contributed by atoms with E-state index in [1.807, 2.05) is 37.3 Å². The number of nitrogens with one attached hydrogen (secondary N) is 2. The predicted octanol–water partition coefficient (Wildman–Crippen LogP) is 3.70. The fourth-order valence-corrected chi connectivity index (χ4v) is 2.03. The van der Waals surface area contributed by atoms with Gasteiger partial charge in [0.05, 0.1) is 0 Å². The topological polar surface area (TPSA) is 58.2 Å². The maximum Gasteiger partial charge on any atom is 0.314 e. The van der Waals surface area contributed by atoms with Crippen LogP contribution < -0.4 is 10.6 Å². The number of hydrogen-bond donors (Lipinski definition) is 2. The van der Waals surface area contributed by atoms with Crippen molar-refractivity contribution in [3.63, 3.8) is 0 Å². The normalized spacial score (nSPS) is 10.4. The third kappa shape index (κ3) is 3.95. The van der Waals surface area contributed by atoms with E-state index in [1.165, 1.54) is 5.56 Å². The van der Waals surface area contributed by atoms with Crippen molar-refractivity contribution in [2.24, 2.45) is 0 Å². The van der Waals surface area contributed by atoms with Gasteiger partial charge in [-0.3, -0.25) is 9.59 Å². The fraction of sp³-hybridized carbons (Fsp3) is 0.222. The second-order valence-electron chi connectivity index (χ2n) is 5.50. The molecule has 0 aromatic heterocycles. The molecule has 2 N–H and O–H groups in total. The summed E-state index contributed by atoms with van der Waals surface area (Å²) in [7, 11) is 0. The number of amides is 2. The van der Waals surface area contributed by atoms with Gasteiger partial charge in [0.15, 0.2) is 0 Å². The van der Waals surface area contributed by atoms with Crippen molar-refractivity contribution in [2.75, 3.05) is 10.6 Å². The summed E-state index contributed by atoms with van der Waals surface area (Å²) in [5.41, 5.74) is 3.33. The molecule has 2 aromatic rings. The van der Waals surface area contributed by atoms with E-state index in [0.29, 0.717) is 17.3 Å². The van der Waals surface area contributed by atoms with Gasteiger partial charge in [-0.25, -0.2) is 0 Å². The summed E-state index contributed by atoms with van der Waals surface area (Å²) >= 11 is 0. The van der Waals surface area contributed by atoms with Crippen LogP contribution in [0.1, 0.15) is 30.9 Å². The number of carbonyl (C=O) groups is 2. The van der Waals surface area contributed by atoms with Gasteiger partial charge < -0.3 is 10.6 Å². The van der Waals surface area contributed by atoms with E-state index >= 15 is 0 Å². The van der Waals surface area contributed by atoms with Crippen molar-refractivity contribution in [3.8, 4) is 0 Å². The Morgan fingerprint density at radius 2 is 1.45 bits per heavy atom. The number of anilines is 2. The molecule has 0 bridgehead atoms. The summed E-state index contributed by atoms with van der Waals surface area (Å²) in [6, 6.07) is 14.8. The summed E-state index contributed by atoms with van der Waals surface area (Å²) in [5.74, 6) is -0.933. The molecule has 0 heterocycles. The number of benzene rings is 2. The molecule has 2 aromatic carbocycles. The molecule has 0 saturated heterocycles. The highest BCUT2D eigenvalue weighted by Gasteiger charge is 2.14. The summed E-state index contributed by atoms with van der Waals surface area (Å²) in [5, 5.41) is 5.21. The summed E-state index contributed by atoms with van der Waals surface area (Å²) in [6.45, 7) is 6.07. The molecule has 0 spiro atoms. The summed E-state index contributed by atoms with van der Waals surface area (Å²) in [6.07, 6.45) is 0. The quantitative estimate of drug-likeness (QED) is 0.849. The number of hydrogen-bond acceptors (Lipinski definition) is 2. The van der Waals surface area contributed by atoms with Gasteiger partial charge in [0.1, 0.15) is 0 Å². The molecule has 0 aliphatic heterocycles. The van der Waals surface area contributed by atoms with Crippen molar-refractivity contribution in [3.05, 3.63) is 59.7 Å². The van der Waals surface area contributed by atoms with Crippen molar-refractivity contribution in [1.82, 2.24) is 0 Å². The Labute approximate surface area is 130 Å². The second-order valence-corrected chi connectivity index (χ2v) is 5.50. The summed E-state index contributed by atoms with van der Waals surface area (Å²) < 4.78 is 0. The third-order valence-corrected chi connectivity index (χ3v) is 3.43. The van der Waals surface area contributed by atoms with Crippen molar-refractivity contribution in [2.45, 2.75) is 26.7 Å². The first-order valence-electron chi connectivity index (χ1n) is 7.25. The maximum atomic E-state index is 11.9. The molecule has 4 heteroatoms. The minimum absolute atomic E-state index is 0.425. The van der Waals surface area contributed by atoms with Crippen LogP contribution in [0, 0.1) is 6.92 Å². The molecule has 0 saturated carbocycles. The third-order valence-electron chi connectivity index (χ3n) is 3.43. The SMILES string of the molecule is Cc1ccccc1NC(=O)C(=O)Nc1ccc(C(C)C)cc1. The zero-order valence-electron chi connectivity index (χ0n) is 13.0. The first-order chi connectivity index (χ1) is 10.5. The van der Waals surface area contributed by atoms with E-state index < -0.39 is 11.8 Å². The molecule has 114 valence electrons. The number of para-hydroxylation sites is 1. The average molecular weight is 296 g/mol. The van der Waals surface area contributed by atoms with Gasteiger partial charge in [0.2, 0.25) is 0 Å². The standard InChI is InChI=1S/C18H20N2O2/c1-12(2)14-8-10-15(11-9-14)19-17(21)18(22)20-16-7-5-4-6-13(16)3/h4-12H,1-3H3,(H,19,21)(H,20,22). The zero-order chi connectivity index (χ0) is 16.1. The molecule has 2 rings (SSSR count). The lowest BCUT2D eigenvalue weighted by Gasteiger charge is -2.10. The monoisotopic (exact) mass is 296 g/mol. The van der Waals surface area contributed by atoms with Crippen LogP contribution in [0.25, 0.3) is 0 Å². The van der Waals surface area contributed by atoms with Crippen LogP contribution in [-0.4, -0.2) is 11.8 Å². The van der Waals surface area contributed by atoms with Gasteiger partial charge in [-0.05, 0) is 42.2 Å².